The summed E-state index contributed by atoms with van der Waals surface area (Å²) in [6.45, 7) is 2.92. The number of carbonyl (C=O) groups is 2. The van der Waals surface area contributed by atoms with Crippen LogP contribution >= 0.6 is 0 Å². The Balaban J connectivity index is 2.13. The van der Waals surface area contributed by atoms with Crippen LogP contribution in [0, 0.1) is 5.82 Å². The minimum Gasteiger partial charge on any atom is -0.450 e. The maximum absolute atomic E-state index is 13.1. The van der Waals surface area contributed by atoms with Crippen molar-refractivity contribution in [2.75, 3.05) is 29.1 Å². The number of hydrogen-bond acceptors (Lipinski definition) is 6. The van der Waals surface area contributed by atoms with Gasteiger partial charge in [-0.1, -0.05) is 18.6 Å². The van der Waals surface area contributed by atoms with Crippen LogP contribution in [0.3, 0.4) is 0 Å². The fraction of sp³-hybridized carbons (Fsp3) is 0.364. The van der Waals surface area contributed by atoms with Crippen LogP contribution in [0.5, 0.6) is 0 Å². The molecule has 0 aliphatic carbocycles. The zero-order valence-electron chi connectivity index (χ0n) is 17.6. The molecule has 1 atom stereocenters. The lowest BCUT2D eigenvalue weighted by Gasteiger charge is -2.17. The van der Waals surface area contributed by atoms with Gasteiger partial charge in [-0.15, -0.1) is 0 Å². The first-order valence-corrected chi connectivity index (χ1v) is 10.3. The molecule has 7 N–H and O–H groups in total. The van der Waals surface area contributed by atoms with Crippen molar-refractivity contribution in [1.82, 2.24) is 0 Å². The zero-order valence-corrected chi connectivity index (χ0v) is 17.6. The van der Waals surface area contributed by atoms with Crippen LogP contribution in [-0.2, 0) is 16.1 Å². The van der Waals surface area contributed by atoms with E-state index in [0.717, 1.165) is 18.4 Å². The number of carbonyl (C=O) groups excluding carboxylic acids is 2. The van der Waals surface area contributed by atoms with Gasteiger partial charge in [-0.05, 0) is 62.2 Å². The molecule has 0 aliphatic rings. The standard InChI is InChI=1S/C22H30FN5O3/c1-2-31-22(30)28-19-11-10-17(26-14-15-6-8-16(23)9-7-15)13-20(19)27-21(29)18(25)5-3-4-12-24/h6-11,13,18,26H,2-5,12,14,24-25H2,1H3,(H,27,29)(H,28,30)/t18-/m0/s1. The molecule has 9 heteroatoms. The topological polar surface area (TPSA) is 132 Å². The van der Waals surface area contributed by atoms with E-state index in [1.54, 1.807) is 37.3 Å². The third-order valence-corrected chi connectivity index (χ3v) is 4.51. The van der Waals surface area contributed by atoms with Crippen LogP contribution < -0.4 is 27.4 Å². The lowest BCUT2D eigenvalue weighted by molar-refractivity contribution is -0.117. The van der Waals surface area contributed by atoms with Crippen LogP contribution in [0.1, 0.15) is 31.7 Å². The molecule has 0 bridgehead atoms. The molecular weight excluding hydrogens is 401 g/mol. The minimum absolute atomic E-state index is 0.219. The van der Waals surface area contributed by atoms with Crippen molar-refractivity contribution in [3.05, 3.63) is 53.8 Å². The summed E-state index contributed by atoms with van der Waals surface area (Å²) in [5, 5.41) is 8.60. The van der Waals surface area contributed by atoms with Crippen molar-refractivity contribution in [2.24, 2.45) is 11.5 Å². The molecule has 0 radical (unpaired) electrons. The molecule has 2 aromatic rings. The SMILES string of the molecule is CCOC(=O)Nc1ccc(NCc2ccc(F)cc2)cc1NC(=O)[C@@H](N)CCCCN. The lowest BCUT2D eigenvalue weighted by Crippen LogP contribution is -2.35. The number of ether oxygens (including phenoxy) is 1. The van der Waals surface area contributed by atoms with Crippen molar-refractivity contribution in [3.8, 4) is 0 Å². The van der Waals surface area contributed by atoms with Gasteiger partial charge in [0.05, 0.1) is 24.0 Å². The maximum Gasteiger partial charge on any atom is 0.411 e. The Labute approximate surface area is 181 Å². The molecule has 0 unspecified atom stereocenters. The third-order valence-electron chi connectivity index (χ3n) is 4.51. The molecular formula is C22H30FN5O3. The van der Waals surface area contributed by atoms with E-state index in [-0.39, 0.29) is 18.3 Å². The Kier molecular flexibility index (Phi) is 9.73. The van der Waals surface area contributed by atoms with Gasteiger partial charge in [0.2, 0.25) is 5.91 Å². The van der Waals surface area contributed by atoms with Crippen LogP contribution in [0.15, 0.2) is 42.5 Å². The second-order valence-electron chi connectivity index (χ2n) is 6.97. The number of rotatable bonds is 11. The summed E-state index contributed by atoms with van der Waals surface area (Å²) in [5.74, 6) is -0.662. The monoisotopic (exact) mass is 431 g/mol. The van der Waals surface area contributed by atoms with Gasteiger partial charge in [0.1, 0.15) is 5.82 Å². The number of anilines is 3. The summed E-state index contributed by atoms with van der Waals surface area (Å²) in [4.78, 5) is 24.4. The Morgan fingerprint density at radius 1 is 1.06 bits per heavy atom. The molecule has 0 heterocycles. The smallest absolute Gasteiger partial charge is 0.411 e. The summed E-state index contributed by atoms with van der Waals surface area (Å²) in [7, 11) is 0. The molecule has 0 saturated heterocycles. The first-order valence-electron chi connectivity index (χ1n) is 10.3. The van der Waals surface area contributed by atoms with Gasteiger partial charge in [-0.3, -0.25) is 10.1 Å². The highest BCUT2D eigenvalue weighted by Gasteiger charge is 2.16. The second kappa shape index (κ2) is 12.5. The van der Waals surface area contributed by atoms with Crippen LogP contribution in [0.4, 0.5) is 26.2 Å². The Morgan fingerprint density at radius 2 is 1.81 bits per heavy atom. The summed E-state index contributed by atoms with van der Waals surface area (Å²) < 4.78 is 18.0. The van der Waals surface area contributed by atoms with Gasteiger partial charge in [-0.25, -0.2) is 9.18 Å². The van der Waals surface area contributed by atoms with Crippen molar-refractivity contribution >= 4 is 29.1 Å². The highest BCUT2D eigenvalue weighted by molar-refractivity contribution is 6.00. The first-order chi connectivity index (χ1) is 14.9. The summed E-state index contributed by atoms with van der Waals surface area (Å²) in [6.07, 6.45) is 1.42. The van der Waals surface area contributed by atoms with Gasteiger partial charge in [-0.2, -0.15) is 0 Å². The fourth-order valence-electron chi connectivity index (χ4n) is 2.82. The maximum atomic E-state index is 13.1. The van der Waals surface area contributed by atoms with E-state index in [9.17, 15) is 14.0 Å². The number of nitrogens with one attached hydrogen (secondary N) is 3. The van der Waals surface area contributed by atoms with E-state index in [1.165, 1.54) is 12.1 Å². The summed E-state index contributed by atoms with van der Waals surface area (Å²) >= 11 is 0. The first kappa shape index (κ1) is 24.1. The fourth-order valence-corrected chi connectivity index (χ4v) is 2.82. The predicted octanol–water partition coefficient (Wildman–Crippen LogP) is 3.40. The Bertz CT molecular complexity index is 861. The van der Waals surface area contributed by atoms with Gasteiger partial charge >= 0.3 is 6.09 Å². The summed E-state index contributed by atoms with van der Waals surface area (Å²) in [5.41, 5.74) is 13.8. The normalized spacial score (nSPS) is 11.5. The number of amides is 2. The number of nitrogens with two attached hydrogens (primary N) is 2. The van der Waals surface area contributed by atoms with Crippen molar-refractivity contribution in [2.45, 2.75) is 38.8 Å². The molecule has 0 fully saturated rings. The molecule has 2 amide bonds. The minimum atomic E-state index is -0.696. The molecule has 0 spiro atoms. The Morgan fingerprint density at radius 3 is 2.48 bits per heavy atom. The van der Waals surface area contributed by atoms with Crippen molar-refractivity contribution < 1.29 is 18.7 Å². The average molecular weight is 432 g/mol. The number of hydrogen-bond donors (Lipinski definition) is 5. The lowest BCUT2D eigenvalue weighted by atomic mass is 10.1. The van der Waals surface area contributed by atoms with Crippen LogP contribution in [0.2, 0.25) is 0 Å². The van der Waals surface area contributed by atoms with E-state index in [2.05, 4.69) is 16.0 Å². The molecule has 168 valence electrons. The molecule has 8 nitrogen and oxygen atoms in total. The molecule has 0 aromatic heterocycles. The molecule has 2 rings (SSSR count). The number of benzene rings is 2. The summed E-state index contributed by atoms with van der Waals surface area (Å²) in [6, 6.07) is 10.5. The number of unbranched alkanes of at least 4 members (excludes halogenated alkanes) is 1. The van der Waals surface area contributed by atoms with E-state index in [0.29, 0.717) is 36.6 Å². The van der Waals surface area contributed by atoms with E-state index >= 15 is 0 Å². The van der Waals surface area contributed by atoms with Gasteiger partial charge in [0, 0.05) is 12.2 Å². The average Bonchev–Trinajstić information content (AvgIpc) is 2.75. The highest BCUT2D eigenvalue weighted by Crippen LogP contribution is 2.27. The Hall–Kier alpha value is -3.17. The zero-order chi connectivity index (χ0) is 22.6. The quantitative estimate of drug-likeness (QED) is 0.347. The molecule has 2 aromatic carbocycles. The second-order valence-corrected chi connectivity index (χ2v) is 6.97. The van der Waals surface area contributed by atoms with E-state index in [4.69, 9.17) is 16.2 Å². The molecule has 31 heavy (non-hydrogen) atoms. The molecule has 0 saturated carbocycles. The van der Waals surface area contributed by atoms with E-state index in [1.807, 2.05) is 0 Å². The molecule has 0 aliphatic heterocycles. The van der Waals surface area contributed by atoms with Gasteiger partial charge < -0.3 is 26.8 Å². The largest absolute Gasteiger partial charge is 0.450 e. The van der Waals surface area contributed by atoms with Crippen LogP contribution in [0.25, 0.3) is 0 Å². The van der Waals surface area contributed by atoms with Gasteiger partial charge in [0.25, 0.3) is 0 Å². The van der Waals surface area contributed by atoms with Crippen molar-refractivity contribution in [1.29, 1.82) is 0 Å². The van der Waals surface area contributed by atoms with Gasteiger partial charge in [0.15, 0.2) is 0 Å². The van der Waals surface area contributed by atoms with Crippen LogP contribution in [-0.4, -0.2) is 31.2 Å². The highest BCUT2D eigenvalue weighted by atomic mass is 19.1. The third kappa shape index (κ3) is 8.23. The number of halogens is 1. The van der Waals surface area contributed by atoms with E-state index < -0.39 is 12.1 Å². The van der Waals surface area contributed by atoms with Crippen molar-refractivity contribution in [3.63, 3.8) is 0 Å². The predicted molar refractivity (Wildman–Crippen MR) is 120 cm³/mol.